The summed E-state index contributed by atoms with van der Waals surface area (Å²) in [5.74, 6) is 2.76. The molecule has 0 spiro atoms. The van der Waals surface area contributed by atoms with Crippen molar-refractivity contribution in [2.75, 3.05) is 19.6 Å². The highest BCUT2D eigenvalue weighted by molar-refractivity contribution is 7.09. The molecule has 0 radical (unpaired) electrons. The van der Waals surface area contributed by atoms with Gasteiger partial charge in [-0.1, -0.05) is 30.3 Å². The first kappa shape index (κ1) is 19.7. The van der Waals surface area contributed by atoms with Crippen molar-refractivity contribution in [3.63, 3.8) is 0 Å². The lowest BCUT2D eigenvalue weighted by molar-refractivity contribution is -0.125. The molecule has 0 aliphatic carbocycles. The zero-order valence-electron chi connectivity index (χ0n) is 16.3. The fourth-order valence-electron chi connectivity index (χ4n) is 3.97. The number of hydrogen-bond donors (Lipinski definition) is 1. The molecule has 2 aliphatic rings. The number of benzene rings is 1. The number of amides is 1. The lowest BCUT2D eigenvalue weighted by Gasteiger charge is -2.17. The topological polar surface area (TPSA) is 70.0 Å². The van der Waals surface area contributed by atoms with Crippen LogP contribution in [0.25, 0.3) is 0 Å². The average Bonchev–Trinajstić information content (AvgIpc) is 3.12. The summed E-state index contributed by atoms with van der Waals surface area (Å²) in [5, 5.41) is 14.4. The maximum atomic E-state index is 13.0. The zero-order valence-corrected chi connectivity index (χ0v) is 17.1. The van der Waals surface area contributed by atoms with E-state index in [-0.39, 0.29) is 23.4 Å². The van der Waals surface area contributed by atoms with E-state index in [4.69, 9.17) is 6.42 Å². The monoisotopic (exact) mass is 407 g/mol. The molecular formula is C22H25N5OS. The van der Waals surface area contributed by atoms with Crippen LogP contribution in [0.5, 0.6) is 0 Å². The van der Waals surface area contributed by atoms with E-state index in [0.717, 1.165) is 31.1 Å². The molecule has 1 amide bonds. The van der Waals surface area contributed by atoms with Crippen LogP contribution in [0, 0.1) is 18.3 Å². The molecule has 0 unspecified atom stereocenters. The molecule has 1 aromatic heterocycles. The van der Waals surface area contributed by atoms with Crippen molar-refractivity contribution in [1.82, 2.24) is 15.2 Å². The van der Waals surface area contributed by atoms with Gasteiger partial charge in [0.25, 0.3) is 0 Å². The molecule has 29 heavy (non-hydrogen) atoms. The molecule has 0 bridgehead atoms. The largest absolute Gasteiger partial charge is 0.356 e. The normalized spacial score (nSPS) is 22.3. The molecule has 6 nitrogen and oxygen atoms in total. The second kappa shape index (κ2) is 8.85. The van der Waals surface area contributed by atoms with Crippen LogP contribution < -0.4 is 5.32 Å². The first-order chi connectivity index (χ1) is 14.2. The van der Waals surface area contributed by atoms with Gasteiger partial charge in [-0.25, -0.2) is 4.98 Å². The van der Waals surface area contributed by atoms with E-state index < -0.39 is 0 Å². The number of aromatic nitrogens is 1. The van der Waals surface area contributed by atoms with Gasteiger partial charge >= 0.3 is 0 Å². The van der Waals surface area contributed by atoms with Gasteiger partial charge in [0.05, 0.1) is 10.9 Å². The molecule has 4 rings (SSSR count). The second-order valence-corrected chi connectivity index (χ2v) is 8.62. The van der Waals surface area contributed by atoms with Crippen LogP contribution >= 0.6 is 11.3 Å². The summed E-state index contributed by atoms with van der Waals surface area (Å²) in [6, 6.07) is 10.4. The minimum absolute atomic E-state index is 0.0912. The van der Waals surface area contributed by atoms with Crippen molar-refractivity contribution in [2.24, 2.45) is 16.1 Å². The Hall–Kier alpha value is -2.56. The zero-order chi connectivity index (χ0) is 20.1. The van der Waals surface area contributed by atoms with Gasteiger partial charge in [0.2, 0.25) is 5.91 Å². The Balaban J connectivity index is 1.36. The van der Waals surface area contributed by atoms with Crippen LogP contribution in [0.15, 0.2) is 52.1 Å². The van der Waals surface area contributed by atoms with Crippen LogP contribution in [0.1, 0.15) is 35.8 Å². The summed E-state index contributed by atoms with van der Waals surface area (Å²) in [6.45, 7) is 2.99. The summed E-state index contributed by atoms with van der Waals surface area (Å²) in [6.07, 6.45) is 9.29. The number of terminal acetylenes is 1. The van der Waals surface area contributed by atoms with Gasteiger partial charge in [0.1, 0.15) is 0 Å². The SMILES string of the molecule is C#CCCC1(CCNC(=O)[C@@H]2CN(Cc3ccccc3)C[C@H]2c2nccs2)N=N1. The number of thiazole rings is 1. The van der Waals surface area contributed by atoms with Crippen molar-refractivity contribution in [2.45, 2.75) is 37.4 Å². The third-order valence-electron chi connectivity index (χ3n) is 5.63. The molecule has 2 aliphatic heterocycles. The number of nitrogens with one attached hydrogen (secondary N) is 1. The molecule has 1 fully saturated rings. The van der Waals surface area contributed by atoms with Crippen molar-refractivity contribution < 1.29 is 4.79 Å². The Morgan fingerprint density at radius 3 is 2.79 bits per heavy atom. The number of nitrogens with zero attached hydrogens (tertiary/aromatic N) is 4. The summed E-state index contributed by atoms with van der Waals surface area (Å²) in [4.78, 5) is 19.9. The number of carbonyl (C=O) groups excluding carboxylic acids is 1. The predicted molar refractivity (Wildman–Crippen MR) is 113 cm³/mol. The molecule has 150 valence electrons. The Morgan fingerprint density at radius 1 is 1.28 bits per heavy atom. The van der Waals surface area contributed by atoms with Gasteiger partial charge in [-0.15, -0.1) is 23.7 Å². The van der Waals surface area contributed by atoms with Crippen LogP contribution in [-0.4, -0.2) is 41.1 Å². The standard InChI is InChI=1S/C22H25N5OS/c1-2-3-9-22(25-26-22)10-11-23-20(28)18-15-27(14-17-7-5-4-6-8-17)16-19(18)21-24-12-13-29-21/h1,4-8,12-13,18-19H,3,9-11,14-16H2,(H,23,28)/t18-,19-/m1/s1. The summed E-state index contributed by atoms with van der Waals surface area (Å²) < 4.78 is 0. The molecule has 1 saturated heterocycles. The number of carbonyl (C=O) groups is 1. The van der Waals surface area contributed by atoms with Crippen LogP contribution in [0.3, 0.4) is 0 Å². The van der Waals surface area contributed by atoms with Gasteiger partial charge in [-0.3, -0.25) is 9.69 Å². The third-order valence-corrected chi connectivity index (χ3v) is 6.53. The molecule has 7 heteroatoms. The Kier molecular flexibility index (Phi) is 6.02. The Morgan fingerprint density at radius 2 is 2.10 bits per heavy atom. The summed E-state index contributed by atoms with van der Waals surface area (Å²) in [7, 11) is 0. The van der Waals surface area contributed by atoms with Crippen LogP contribution in [-0.2, 0) is 11.3 Å². The lowest BCUT2D eigenvalue weighted by atomic mass is 9.95. The minimum atomic E-state index is -0.358. The van der Waals surface area contributed by atoms with Gasteiger partial charge < -0.3 is 5.32 Å². The summed E-state index contributed by atoms with van der Waals surface area (Å²) in [5.41, 5.74) is 0.905. The molecule has 1 aromatic carbocycles. The predicted octanol–water partition coefficient (Wildman–Crippen LogP) is 3.44. The number of likely N-dealkylation sites (tertiary alicyclic amines) is 1. The molecule has 3 heterocycles. The lowest BCUT2D eigenvalue weighted by Crippen LogP contribution is -2.36. The van der Waals surface area contributed by atoms with E-state index in [0.29, 0.717) is 19.4 Å². The maximum Gasteiger partial charge on any atom is 0.225 e. The minimum Gasteiger partial charge on any atom is -0.356 e. The average molecular weight is 408 g/mol. The summed E-state index contributed by atoms with van der Waals surface area (Å²) >= 11 is 1.63. The third kappa shape index (κ3) is 4.89. The van der Waals surface area contributed by atoms with Gasteiger partial charge in [0, 0.05) is 62.9 Å². The van der Waals surface area contributed by atoms with Crippen molar-refractivity contribution >= 4 is 17.2 Å². The first-order valence-corrected chi connectivity index (χ1v) is 10.9. The highest BCUT2D eigenvalue weighted by Crippen LogP contribution is 2.37. The molecule has 2 atom stereocenters. The fraction of sp³-hybridized carbons (Fsp3) is 0.455. The van der Waals surface area contributed by atoms with E-state index in [1.807, 2.05) is 17.6 Å². The smallest absolute Gasteiger partial charge is 0.225 e. The van der Waals surface area contributed by atoms with Crippen molar-refractivity contribution in [3.8, 4) is 12.3 Å². The molecule has 0 saturated carbocycles. The van der Waals surface area contributed by atoms with Gasteiger partial charge in [0.15, 0.2) is 5.66 Å². The Bertz CT molecular complexity index is 884. The maximum absolute atomic E-state index is 13.0. The quantitative estimate of drug-likeness (QED) is 0.648. The number of hydrogen-bond acceptors (Lipinski definition) is 6. The molecular weight excluding hydrogens is 382 g/mol. The molecule has 2 aromatic rings. The van der Waals surface area contributed by atoms with Crippen molar-refractivity contribution in [1.29, 1.82) is 0 Å². The fourth-order valence-corrected chi connectivity index (χ4v) is 4.77. The highest BCUT2D eigenvalue weighted by atomic mass is 32.1. The molecule has 1 N–H and O–H groups in total. The van der Waals surface area contributed by atoms with Gasteiger partial charge in [-0.05, 0) is 5.56 Å². The second-order valence-electron chi connectivity index (χ2n) is 7.69. The first-order valence-electron chi connectivity index (χ1n) is 10.00. The van der Waals surface area contributed by atoms with Gasteiger partial charge in [-0.2, -0.15) is 10.2 Å². The number of rotatable bonds is 9. The van der Waals surface area contributed by atoms with Crippen LogP contribution in [0.4, 0.5) is 0 Å². The van der Waals surface area contributed by atoms with E-state index in [1.165, 1.54) is 5.56 Å². The van der Waals surface area contributed by atoms with E-state index in [2.05, 4.69) is 55.6 Å². The van der Waals surface area contributed by atoms with Crippen molar-refractivity contribution in [3.05, 3.63) is 52.5 Å². The van der Waals surface area contributed by atoms with E-state index in [1.54, 1.807) is 11.3 Å². The van der Waals surface area contributed by atoms with Crippen LogP contribution in [0.2, 0.25) is 0 Å². The van der Waals surface area contributed by atoms with E-state index >= 15 is 0 Å². The van der Waals surface area contributed by atoms with E-state index in [9.17, 15) is 4.79 Å². The Labute approximate surface area is 175 Å². The highest BCUT2D eigenvalue weighted by Gasteiger charge is 2.41.